The zero-order valence-corrected chi connectivity index (χ0v) is 18.2. The minimum absolute atomic E-state index is 0.00115. The van der Waals surface area contributed by atoms with Gasteiger partial charge in [-0.3, -0.25) is 19.1 Å². The summed E-state index contributed by atoms with van der Waals surface area (Å²) in [6.45, 7) is 2.41. The fraction of sp³-hybridized carbons (Fsp3) is 0.522. The number of nitrogen functional groups attached to an aromatic ring is 1. The molecule has 8 heteroatoms. The molecule has 1 aromatic heterocycles. The van der Waals surface area contributed by atoms with Gasteiger partial charge < -0.3 is 16.0 Å². The molecule has 2 aromatic rings. The Bertz CT molecular complexity index is 975. The number of nitrogens with two attached hydrogens (primary N) is 1. The van der Waals surface area contributed by atoms with Gasteiger partial charge in [-0.15, -0.1) is 0 Å². The molecule has 3 rings (SSSR count). The largest absolute Gasteiger partial charge is 0.383 e. The zero-order valence-electron chi connectivity index (χ0n) is 18.2. The van der Waals surface area contributed by atoms with Gasteiger partial charge in [0.15, 0.2) is 5.69 Å². The molecule has 1 heterocycles. The maximum Gasteiger partial charge on any atom is 0.330 e. The number of aromatic amines is 1. The highest BCUT2D eigenvalue weighted by Crippen LogP contribution is 2.19. The van der Waals surface area contributed by atoms with E-state index in [1.165, 1.54) is 41.6 Å². The third kappa shape index (κ3) is 5.85. The Hall–Kier alpha value is -2.87. The number of nitrogens with one attached hydrogen (secondary N) is 2. The smallest absolute Gasteiger partial charge is 0.330 e. The molecule has 8 nitrogen and oxygen atoms in total. The van der Waals surface area contributed by atoms with Gasteiger partial charge in [0.05, 0.1) is 13.1 Å². The number of nitrogens with zero attached hydrogens (tertiary/aromatic N) is 2. The van der Waals surface area contributed by atoms with Crippen LogP contribution in [0.4, 0.5) is 11.5 Å². The van der Waals surface area contributed by atoms with Crippen LogP contribution in [-0.2, 0) is 11.3 Å². The summed E-state index contributed by atoms with van der Waals surface area (Å²) in [6.07, 6.45) is 8.22. The second kappa shape index (κ2) is 10.9. The van der Waals surface area contributed by atoms with E-state index in [2.05, 4.69) is 10.3 Å². The van der Waals surface area contributed by atoms with Gasteiger partial charge >= 0.3 is 5.69 Å². The summed E-state index contributed by atoms with van der Waals surface area (Å²) in [4.78, 5) is 41.7. The highest BCUT2D eigenvalue weighted by Gasteiger charge is 2.23. The van der Waals surface area contributed by atoms with Gasteiger partial charge in [-0.05, 0) is 25.3 Å². The lowest BCUT2D eigenvalue weighted by atomic mass is 9.97. The van der Waals surface area contributed by atoms with Crippen molar-refractivity contribution in [2.24, 2.45) is 0 Å². The van der Waals surface area contributed by atoms with Crippen molar-refractivity contribution in [2.45, 2.75) is 64.5 Å². The maximum absolute atomic E-state index is 13.0. The van der Waals surface area contributed by atoms with Crippen molar-refractivity contribution in [1.82, 2.24) is 14.9 Å². The van der Waals surface area contributed by atoms with E-state index in [0.29, 0.717) is 6.04 Å². The standard InChI is InChI=1S/C23H33N5O3/c1-2-27(19(29)15-25-18-13-9-4-3-5-10-14-18)20-21(24)28(23(31)26-22(20)30)16-17-11-7-6-8-12-17/h6-8,11-12,18,25H,2-5,9-10,13-16,24H2,1H3,(H,26,30,31). The van der Waals surface area contributed by atoms with Crippen molar-refractivity contribution >= 4 is 17.4 Å². The van der Waals surface area contributed by atoms with Gasteiger partial charge in [-0.1, -0.05) is 62.4 Å². The first-order chi connectivity index (χ1) is 15.0. The second-order valence-electron chi connectivity index (χ2n) is 8.13. The van der Waals surface area contributed by atoms with Crippen molar-refractivity contribution in [3.8, 4) is 0 Å². The Kier molecular flexibility index (Phi) is 8.06. The Morgan fingerprint density at radius 3 is 2.42 bits per heavy atom. The number of H-pyrrole nitrogens is 1. The van der Waals surface area contributed by atoms with Crippen LogP contribution < -0.4 is 27.2 Å². The molecule has 1 aliphatic rings. The van der Waals surface area contributed by atoms with Crippen molar-refractivity contribution in [3.05, 3.63) is 56.7 Å². The topological polar surface area (TPSA) is 113 Å². The predicted molar refractivity (Wildman–Crippen MR) is 123 cm³/mol. The molecule has 0 atom stereocenters. The Balaban J connectivity index is 1.79. The van der Waals surface area contributed by atoms with Crippen LogP contribution in [0.5, 0.6) is 0 Å². The summed E-state index contributed by atoms with van der Waals surface area (Å²) in [6, 6.07) is 9.68. The predicted octanol–water partition coefficient (Wildman–Crippen LogP) is 2.22. The highest BCUT2D eigenvalue weighted by molar-refractivity contribution is 5.96. The van der Waals surface area contributed by atoms with Crippen LogP contribution in [0, 0.1) is 0 Å². The van der Waals surface area contributed by atoms with E-state index < -0.39 is 11.2 Å². The molecular formula is C23H33N5O3. The first-order valence-corrected chi connectivity index (χ1v) is 11.2. The molecule has 1 amide bonds. The van der Waals surface area contributed by atoms with Crippen LogP contribution in [0.1, 0.15) is 57.4 Å². The maximum atomic E-state index is 13.0. The summed E-state index contributed by atoms with van der Waals surface area (Å²) in [5.74, 6) is -0.231. The molecule has 31 heavy (non-hydrogen) atoms. The van der Waals surface area contributed by atoms with Crippen LogP contribution in [0.2, 0.25) is 0 Å². The third-order valence-electron chi connectivity index (χ3n) is 5.93. The van der Waals surface area contributed by atoms with Crippen LogP contribution in [0.25, 0.3) is 0 Å². The van der Waals surface area contributed by atoms with Crippen LogP contribution in [0.3, 0.4) is 0 Å². The van der Waals surface area contributed by atoms with Crippen LogP contribution >= 0.6 is 0 Å². The lowest BCUT2D eigenvalue weighted by Gasteiger charge is -2.25. The van der Waals surface area contributed by atoms with E-state index >= 15 is 0 Å². The van der Waals surface area contributed by atoms with Gasteiger partial charge in [0.25, 0.3) is 5.56 Å². The molecule has 1 aromatic carbocycles. The van der Waals surface area contributed by atoms with Crippen molar-refractivity contribution in [2.75, 3.05) is 23.7 Å². The first-order valence-electron chi connectivity index (χ1n) is 11.2. The van der Waals surface area contributed by atoms with Crippen LogP contribution in [0.15, 0.2) is 39.9 Å². The minimum atomic E-state index is -0.645. The molecule has 0 aliphatic heterocycles. The van der Waals surface area contributed by atoms with Crippen molar-refractivity contribution in [3.63, 3.8) is 0 Å². The number of hydrogen-bond acceptors (Lipinski definition) is 5. The molecule has 1 fully saturated rings. The summed E-state index contributed by atoms with van der Waals surface area (Å²) in [5, 5.41) is 3.37. The number of carbonyl (C=O) groups excluding carboxylic acids is 1. The quantitative estimate of drug-likeness (QED) is 0.627. The van der Waals surface area contributed by atoms with E-state index in [1.807, 2.05) is 30.3 Å². The van der Waals surface area contributed by atoms with E-state index in [1.54, 1.807) is 6.92 Å². The molecule has 168 valence electrons. The number of hydrogen-bond donors (Lipinski definition) is 3. The average molecular weight is 428 g/mol. The molecule has 0 spiro atoms. The molecule has 0 bridgehead atoms. The summed E-state index contributed by atoms with van der Waals surface area (Å²) in [5.41, 5.74) is 5.92. The van der Waals surface area contributed by atoms with E-state index in [9.17, 15) is 14.4 Å². The van der Waals surface area contributed by atoms with Gasteiger partial charge in [0, 0.05) is 12.6 Å². The summed E-state index contributed by atoms with van der Waals surface area (Å²) < 4.78 is 1.30. The van der Waals surface area contributed by atoms with Gasteiger partial charge in [0.1, 0.15) is 5.82 Å². The lowest BCUT2D eigenvalue weighted by Crippen LogP contribution is -2.46. The van der Waals surface area contributed by atoms with Crippen molar-refractivity contribution in [1.29, 1.82) is 0 Å². The molecule has 0 unspecified atom stereocenters. The minimum Gasteiger partial charge on any atom is -0.383 e. The normalized spacial score (nSPS) is 15.3. The zero-order chi connectivity index (χ0) is 22.2. The first kappa shape index (κ1) is 22.8. The molecule has 1 saturated carbocycles. The Labute approximate surface area is 182 Å². The average Bonchev–Trinajstić information content (AvgIpc) is 2.74. The number of likely N-dealkylation sites (N-methyl/N-ethyl adjacent to an activating group) is 1. The molecule has 0 radical (unpaired) electrons. The fourth-order valence-electron chi connectivity index (χ4n) is 4.21. The van der Waals surface area contributed by atoms with E-state index in [4.69, 9.17) is 5.73 Å². The fourth-order valence-corrected chi connectivity index (χ4v) is 4.21. The number of benzene rings is 1. The molecule has 0 saturated heterocycles. The van der Waals surface area contributed by atoms with Crippen molar-refractivity contribution < 1.29 is 4.79 Å². The molecular weight excluding hydrogens is 394 g/mol. The molecule has 1 aliphatic carbocycles. The Morgan fingerprint density at radius 2 is 1.77 bits per heavy atom. The number of carbonyl (C=O) groups is 1. The third-order valence-corrected chi connectivity index (χ3v) is 5.93. The number of aromatic nitrogens is 2. The summed E-state index contributed by atoms with van der Waals surface area (Å²) in [7, 11) is 0. The van der Waals surface area contributed by atoms with Gasteiger partial charge in [-0.2, -0.15) is 0 Å². The lowest BCUT2D eigenvalue weighted by molar-refractivity contribution is -0.117. The van der Waals surface area contributed by atoms with E-state index in [0.717, 1.165) is 18.4 Å². The van der Waals surface area contributed by atoms with E-state index in [-0.39, 0.29) is 37.0 Å². The number of anilines is 2. The van der Waals surface area contributed by atoms with Gasteiger partial charge in [0.2, 0.25) is 5.91 Å². The highest BCUT2D eigenvalue weighted by atomic mass is 16.2. The molecule has 4 N–H and O–H groups in total. The van der Waals surface area contributed by atoms with Crippen LogP contribution in [-0.4, -0.2) is 34.6 Å². The number of amides is 1. The monoisotopic (exact) mass is 427 g/mol. The Morgan fingerprint density at radius 1 is 1.13 bits per heavy atom. The van der Waals surface area contributed by atoms with Gasteiger partial charge in [-0.25, -0.2) is 4.79 Å². The summed E-state index contributed by atoms with van der Waals surface area (Å²) >= 11 is 0. The SMILES string of the molecule is CCN(C(=O)CNC1CCCCCCC1)c1c(N)n(Cc2ccccc2)c(=O)[nH]c1=O. The second-order valence-corrected chi connectivity index (χ2v) is 8.13. The number of rotatable bonds is 7.